The number of hydrogen-bond acceptors (Lipinski definition) is 6. The van der Waals surface area contributed by atoms with Gasteiger partial charge < -0.3 is 9.47 Å². The van der Waals surface area contributed by atoms with Gasteiger partial charge in [-0.2, -0.15) is 0 Å². The highest BCUT2D eigenvalue weighted by Crippen LogP contribution is 2.33. The van der Waals surface area contributed by atoms with E-state index in [4.69, 9.17) is 21.1 Å². The zero-order valence-electron chi connectivity index (χ0n) is 14.3. The predicted octanol–water partition coefficient (Wildman–Crippen LogP) is 4.30. The molecule has 27 heavy (non-hydrogen) atoms. The van der Waals surface area contributed by atoms with Crippen molar-refractivity contribution in [2.45, 2.75) is 0 Å². The Labute approximate surface area is 164 Å². The normalized spacial score (nSPS) is 10.3. The summed E-state index contributed by atoms with van der Waals surface area (Å²) in [6.45, 7) is -0.0264. The maximum Gasteiger partial charge on any atom is 0.257 e. The third-order valence-corrected chi connectivity index (χ3v) is 4.68. The third kappa shape index (κ3) is 4.64. The summed E-state index contributed by atoms with van der Waals surface area (Å²) in [5, 5.41) is 5.55. The van der Waals surface area contributed by atoms with Crippen LogP contribution in [0.25, 0.3) is 11.3 Å². The Balaban J connectivity index is 1.70. The van der Waals surface area contributed by atoms with Crippen molar-refractivity contribution in [2.75, 3.05) is 19.0 Å². The third-order valence-electron chi connectivity index (χ3n) is 3.61. The molecule has 0 aliphatic rings. The van der Waals surface area contributed by atoms with Crippen molar-refractivity contribution < 1.29 is 19.1 Å². The number of carbonyl (C=O) groups excluding carboxylic acids is 2. The molecule has 138 valence electrons. The van der Waals surface area contributed by atoms with E-state index in [-0.39, 0.29) is 12.5 Å². The molecule has 2 aromatic carbocycles. The van der Waals surface area contributed by atoms with Crippen LogP contribution in [0.5, 0.6) is 11.5 Å². The first kappa shape index (κ1) is 18.9. The molecule has 1 N–H and O–H groups in total. The van der Waals surface area contributed by atoms with Gasteiger partial charge in [-0.1, -0.05) is 11.6 Å². The van der Waals surface area contributed by atoms with Gasteiger partial charge in [0.05, 0.1) is 17.8 Å². The zero-order valence-corrected chi connectivity index (χ0v) is 15.8. The van der Waals surface area contributed by atoms with Crippen LogP contribution in [-0.4, -0.2) is 30.9 Å². The van der Waals surface area contributed by atoms with Crippen LogP contribution in [-0.2, 0) is 4.79 Å². The quantitative estimate of drug-likeness (QED) is 0.596. The number of hydrogen-bond donors (Lipinski definition) is 1. The number of nitrogens with one attached hydrogen (secondary N) is 1. The van der Waals surface area contributed by atoms with E-state index in [9.17, 15) is 9.59 Å². The molecular weight excluding hydrogens is 388 g/mol. The average molecular weight is 403 g/mol. The lowest BCUT2D eigenvalue weighted by Crippen LogP contribution is -2.11. The zero-order chi connectivity index (χ0) is 19.2. The molecule has 0 bridgehead atoms. The lowest BCUT2D eigenvalue weighted by atomic mass is 10.1. The Morgan fingerprint density at radius 1 is 1.22 bits per heavy atom. The first-order chi connectivity index (χ1) is 13.1. The predicted molar refractivity (Wildman–Crippen MR) is 105 cm³/mol. The van der Waals surface area contributed by atoms with Crippen LogP contribution in [0.4, 0.5) is 5.13 Å². The second kappa shape index (κ2) is 8.66. The fourth-order valence-electron chi connectivity index (χ4n) is 2.29. The van der Waals surface area contributed by atoms with E-state index >= 15 is 0 Å². The number of ether oxygens (including phenoxy) is 2. The molecule has 0 radical (unpaired) electrons. The van der Waals surface area contributed by atoms with E-state index in [0.717, 1.165) is 5.56 Å². The highest BCUT2D eigenvalue weighted by atomic mass is 35.5. The molecule has 1 aromatic heterocycles. The second-order valence-electron chi connectivity index (χ2n) is 5.34. The summed E-state index contributed by atoms with van der Waals surface area (Å²) in [6.07, 6.45) is 0.662. The lowest BCUT2D eigenvalue weighted by Gasteiger charge is -2.05. The summed E-state index contributed by atoms with van der Waals surface area (Å²) in [4.78, 5) is 27.1. The van der Waals surface area contributed by atoms with Crippen molar-refractivity contribution in [3.63, 3.8) is 0 Å². The molecule has 6 nitrogen and oxygen atoms in total. The summed E-state index contributed by atoms with van der Waals surface area (Å²) in [5.74, 6) is 0.885. The van der Waals surface area contributed by atoms with Gasteiger partial charge in [-0.3, -0.25) is 14.9 Å². The van der Waals surface area contributed by atoms with E-state index < -0.39 is 0 Å². The number of thiazole rings is 1. The molecule has 3 rings (SSSR count). The molecule has 0 saturated carbocycles. The summed E-state index contributed by atoms with van der Waals surface area (Å²) in [6, 6.07) is 11.8. The van der Waals surface area contributed by atoms with Gasteiger partial charge in [-0.25, -0.2) is 4.98 Å². The van der Waals surface area contributed by atoms with Crippen molar-refractivity contribution in [1.82, 2.24) is 4.98 Å². The molecule has 8 heteroatoms. The van der Waals surface area contributed by atoms with Crippen LogP contribution in [0.15, 0.2) is 47.8 Å². The van der Waals surface area contributed by atoms with Gasteiger partial charge in [-0.15, -0.1) is 11.3 Å². The standard InChI is InChI=1S/C19H15ClN2O4S/c1-25-14-6-7-15(16(20)10-14)17-11-27-19(21-17)22-18(24)12-2-4-13(5-3-12)26-9-8-23/h2-8,10-11H,9H2,1H3,(H,21,22,24). The number of aldehydes is 1. The molecule has 0 aliphatic carbocycles. The monoisotopic (exact) mass is 402 g/mol. The van der Waals surface area contributed by atoms with Crippen molar-refractivity contribution >= 4 is 40.3 Å². The topological polar surface area (TPSA) is 77.5 Å². The maximum atomic E-state index is 12.4. The molecular formula is C19H15ClN2O4S. The fourth-order valence-corrected chi connectivity index (χ4v) is 3.26. The highest BCUT2D eigenvalue weighted by molar-refractivity contribution is 7.14. The van der Waals surface area contributed by atoms with Crippen molar-refractivity contribution in [3.05, 3.63) is 58.4 Å². The van der Waals surface area contributed by atoms with Crippen molar-refractivity contribution in [3.8, 4) is 22.8 Å². The van der Waals surface area contributed by atoms with Crippen LogP contribution in [0.2, 0.25) is 5.02 Å². The van der Waals surface area contributed by atoms with Crippen LogP contribution in [0, 0.1) is 0 Å². The highest BCUT2D eigenvalue weighted by Gasteiger charge is 2.12. The fraction of sp³-hybridized carbons (Fsp3) is 0.105. The molecule has 0 aliphatic heterocycles. The van der Waals surface area contributed by atoms with E-state index in [1.165, 1.54) is 11.3 Å². The van der Waals surface area contributed by atoms with Crippen LogP contribution < -0.4 is 14.8 Å². The Hall–Kier alpha value is -2.90. The van der Waals surface area contributed by atoms with Gasteiger partial charge in [0.15, 0.2) is 11.4 Å². The van der Waals surface area contributed by atoms with E-state index in [0.29, 0.717) is 39.2 Å². The number of rotatable bonds is 7. The van der Waals surface area contributed by atoms with Gasteiger partial charge in [0.25, 0.3) is 5.91 Å². The minimum absolute atomic E-state index is 0.0264. The van der Waals surface area contributed by atoms with E-state index in [1.54, 1.807) is 43.5 Å². The molecule has 1 amide bonds. The van der Waals surface area contributed by atoms with Crippen LogP contribution in [0.3, 0.4) is 0 Å². The van der Waals surface area contributed by atoms with Gasteiger partial charge in [0, 0.05) is 16.5 Å². The molecule has 0 unspecified atom stereocenters. The minimum atomic E-state index is -0.293. The van der Waals surface area contributed by atoms with Gasteiger partial charge in [0.1, 0.15) is 18.1 Å². The molecule has 0 saturated heterocycles. The van der Waals surface area contributed by atoms with Crippen molar-refractivity contribution in [1.29, 1.82) is 0 Å². The number of anilines is 1. The Morgan fingerprint density at radius 2 is 1.96 bits per heavy atom. The first-order valence-electron chi connectivity index (χ1n) is 7.88. The molecule has 0 spiro atoms. The number of halogens is 1. The SMILES string of the molecule is COc1ccc(-c2csc(NC(=O)c3ccc(OCC=O)cc3)n2)c(Cl)c1. The number of methoxy groups -OCH3 is 1. The molecule has 3 aromatic rings. The van der Waals surface area contributed by atoms with Gasteiger partial charge >= 0.3 is 0 Å². The van der Waals surface area contributed by atoms with Gasteiger partial charge in [-0.05, 0) is 42.5 Å². The average Bonchev–Trinajstić information content (AvgIpc) is 3.14. The van der Waals surface area contributed by atoms with E-state index in [1.807, 2.05) is 11.4 Å². The summed E-state index contributed by atoms with van der Waals surface area (Å²) in [5.41, 5.74) is 1.87. The second-order valence-corrected chi connectivity index (χ2v) is 6.61. The maximum absolute atomic E-state index is 12.4. The molecule has 0 atom stereocenters. The minimum Gasteiger partial charge on any atom is -0.497 e. The molecule has 0 fully saturated rings. The van der Waals surface area contributed by atoms with Gasteiger partial charge in [0.2, 0.25) is 0 Å². The lowest BCUT2D eigenvalue weighted by molar-refractivity contribution is -0.109. The Kier molecular flexibility index (Phi) is 6.05. The van der Waals surface area contributed by atoms with Crippen molar-refractivity contribution in [2.24, 2.45) is 0 Å². The smallest absolute Gasteiger partial charge is 0.257 e. The summed E-state index contributed by atoms with van der Waals surface area (Å²) < 4.78 is 10.3. The number of aromatic nitrogens is 1. The van der Waals surface area contributed by atoms with E-state index in [2.05, 4.69) is 10.3 Å². The number of amides is 1. The number of nitrogens with zero attached hydrogens (tertiary/aromatic N) is 1. The Morgan fingerprint density at radius 3 is 2.63 bits per heavy atom. The first-order valence-corrected chi connectivity index (χ1v) is 9.13. The number of benzene rings is 2. The Bertz CT molecular complexity index is 957. The van der Waals surface area contributed by atoms with Crippen LogP contribution in [0.1, 0.15) is 10.4 Å². The largest absolute Gasteiger partial charge is 0.497 e. The summed E-state index contributed by atoms with van der Waals surface area (Å²) >= 11 is 7.57. The number of carbonyl (C=O) groups is 2. The van der Waals surface area contributed by atoms with Crippen LogP contribution >= 0.6 is 22.9 Å². The molecule has 1 heterocycles. The summed E-state index contributed by atoms with van der Waals surface area (Å²) in [7, 11) is 1.57.